The molecule has 0 amide bonds. The molecule has 6 aromatic carbocycles. The number of hydrogen-bond donors (Lipinski definition) is 1. The second kappa shape index (κ2) is 23.7. The van der Waals surface area contributed by atoms with Crippen LogP contribution in [0.1, 0.15) is 84.7 Å². The summed E-state index contributed by atoms with van der Waals surface area (Å²) in [4.78, 5) is 8.04. The maximum absolute atomic E-state index is 5.88. The highest BCUT2D eigenvalue weighted by atomic mass is 35.5. The Morgan fingerprint density at radius 3 is 1.40 bits per heavy atom. The van der Waals surface area contributed by atoms with Crippen molar-refractivity contribution in [3.63, 3.8) is 0 Å². The maximum Gasteiger partial charge on any atom is 0.0370 e. The van der Waals surface area contributed by atoms with E-state index in [-0.39, 0.29) is 0 Å². The monoisotopic (exact) mass is 857 g/mol. The van der Waals surface area contributed by atoms with Gasteiger partial charge in [0.25, 0.3) is 0 Å². The van der Waals surface area contributed by atoms with Gasteiger partial charge in [0, 0.05) is 61.1 Å². The Morgan fingerprint density at radius 1 is 0.476 bits per heavy atom. The van der Waals surface area contributed by atoms with Crippen LogP contribution in [0.3, 0.4) is 0 Å². The van der Waals surface area contributed by atoms with Crippen molar-refractivity contribution in [1.82, 2.24) is 9.80 Å². The van der Waals surface area contributed by atoms with Crippen LogP contribution < -0.4 is 10.2 Å². The summed E-state index contributed by atoms with van der Waals surface area (Å²) in [5.41, 5.74) is 11.5. The van der Waals surface area contributed by atoms with E-state index in [9.17, 15) is 0 Å². The van der Waals surface area contributed by atoms with Crippen LogP contribution in [-0.4, -0.2) is 59.5 Å². The fourth-order valence-electron chi connectivity index (χ4n) is 10.6. The van der Waals surface area contributed by atoms with Crippen molar-refractivity contribution >= 4 is 23.0 Å². The molecule has 0 spiro atoms. The quantitative estimate of drug-likeness (QED) is 0.117. The van der Waals surface area contributed by atoms with Crippen LogP contribution in [0.5, 0.6) is 0 Å². The lowest BCUT2D eigenvalue weighted by atomic mass is 9.97. The summed E-state index contributed by atoms with van der Waals surface area (Å²) in [6, 6.07) is 63.6. The minimum atomic E-state index is 0.555. The Hall–Kier alpha value is -4.87. The molecule has 2 saturated heterocycles. The van der Waals surface area contributed by atoms with E-state index in [1.165, 1.54) is 116 Å². The zero-order valence-electron chi connectivity index (χ0n) is 37.4. The van der Waals surface area contributed by atoms with E-state index >= 15 is 0 Å². The molecule has 10 rings (SSSR count). The predicted molar refractivity (Wildman–Crippen MR) is 268 cm³/mol. The van der Waals surface area contributed by atoms with E-state index in [1.54, 1.807) is 0 Å². The van der Waals surface area contributed by atoms with Crippen molar-refractivity contribution < 1.29 is 0 Å². The molecule has 6 aromatic rings. The minimum Gasteiger partial charge on any atom is -0.382 e. The first kappa shape index (κ1) is 44.7. The highest BCUT2D eigenvalue weighted by Gasteiger charge is 2.29. The molecule has 2 aliphatic heterocycles. The van der Waals surface area contributed by atoms with Crippen molar-refractivity contribution in [3.8, 4) is 0 Å². The third-order valence-corrected chi connectivity index (χ3v) is 14.1. The number of para-hydroxylation sites is 2. The molecule has 0 aromatic heterocycles. The number of alkyl halides is 1. The van der Waals surface area contributed by atoms with Crippen molar-refractivity contribution in [2.75, 3.05) is 35.7 Å². The standard InChI is InChI=1S/C29H34N2.C15H15N.C14H20ClN/c1-3-11-24(12-4-1)23-30-19-10-9-15-27(30)18-20-31(28-16-5-2-6-17-28)29-21-25-13-7-8-14-26(25)22-29;1-2-8-14(9-3-1)16-15-10-12-6-4-5-7-13(12)11-15;15-10-9-14-8-4-5-11-16(14)12-13-6-2-1-3-7-13/h1-8,11-14,16-17,27,29H,9-10,15,18-23H2;1-9,15-16H,10-11H2;1-3,6-7,14H,4-5,8-12H2/t27-;;14-/m1.1/s1. The molecule has 4 nitrogen and oxygen atoms in total. The number of benzene rings is 6. The average Bonchev–Trinajstić information content (AvgIpc) is 3.96. The molecular weight excluding hydrogens is 788 g/mol. The number of rotatable bonds is 13. The van der Waals surface area contributed by atoms with Crippen molar-refractivity contribution in [2.24, 2.45) is 0 Å². The Bertz CT molecular complexity index is 2150. The molecule has 0 unspecified atom stereocenters. The van der Waals surface area contributed by atoms with Crippen LogP contribution in [0, 0.1) is 0 Å². The molecular formula is C58H69ClN4. The largest absolute Gasteiger partial charge is 0.382 e. The predicted octanol–water partition coefficient (Wildman–Crippen LogP) is 13.0. The Labute approximate surface area is 384 Å². The number of piperidine rings is 2. The fraction of sp³-hybridized carbons (Fsp3) is 0.379. The number of nitrogens with one attached hydrogen (secondary N) is 1. The summed E-state index contributed by atoms with van der Waals surface area (Å²) in [7, 11) is 0. The first-order chi connectivity index (χ1) is 31.2. The zero-order valence-corrected chi connectivity index (χ0v) is 38.2. The number of likely N-dealkylation sites (tertiary alicyclic amines) is 2. The zero-order chi connectivity index (χ0) is 42.9. The minimum absolute atomic E-state index is 0.555. The molecule has 2 aliphatic carbocycles. The summed E-state index contributed by atoms with van der Waals surface area (Å²) in [6.45, 7) is 5.78. The van der Waals surface area contributed by atoms with Gasteiger partial charge in [-0.25, -0.2) is 0 Å². The molecule has 5 heteroatoms. The van der Waals surface area contributed by atoms with E-state index in [1.807, 2.05) is 0 Å². The first-order valence-electron chi connectivity index (χ1n) is 24.1. The van der Waals surface area contributed by atoms with Gasteiger partial charge in [-0.1, -0.05) is 158 Å². The topological polar surface area (TPSA) is 21.8 Å². The molecule has 1 N–H and O–H groups in total. The second-order valence-corrected chi connectivity index (χ2v) is 18.6. The summed E-state index contributed by atoms with van der Waals surface area (Å²) in [6.07, 6.45) is 15.1. The summed E-state index contributed by atoms with van der Waals surface area (Å²) < 4.78 is 0. The normalized spacial score (nSPS) is 18.9. The van der Waals surface area contributed by atoms with Gasteiger partial charge in [-0.3, -0.25) is 9.80 Å². The van der Waals surface area contributed by atoms with Crippen LogP contribution in [-0.2, 0) is 38.8 Å². The Kier molecular flexibility index (Phi) is 16.8. The van der Waals surface area contributed by atoms with E-state index in [2.05, 4.69) is 190 Å². The summed E-state index contributed by atoms with van der Waals surface area (Å²) in [5.74, 6) is 0.788. The molecule has 4 aliphatic rings. The first-order valence-corrected chi connectivity index (χ1v) is 24.6. The summed E-state index contributed by atoms with van der Waals surface area (Å²) in [5, 5.41) is 3.59. The highest BCUT2D eigenvalue weighted by Crippen LogP contribution is 2.31. The summed E-state index contributed by atoms with van der Waals surface area (Å²) >= 11 is 5.88. The van der Waals surface area contributed by atoms with Crippen molar-refractivity contribution in [2.45, 2.75) is 114 Å². The number of nitrogens with zero attached hydrogens (tertiary/aromatic N) is 3. The van der Waals surface area contributed by atoms with Crippen molar-refractivity contribution in [3.05, 3.63) is 203 Å². The van der Waals surface area contributed by atoms with Crippen LogP contribution >= 0.6 is 11.6 Å². The van der Waals surface area contributed by atoms with E-state index < -0.39 is 0 Å². The third kappa shape index (κ3) is 13.1. The van der Waals surface area contributed by atoms with Gasteiger partial charge in [-0.15, -0.1) is 11.6 Å². The second-order valence-electron chi connectivity index (χ2n) is 18.2. The lowest BCUT2D eigenvalue weighted by Crippen LogP contribution is -2.43. The van der Waals surface area contributed by atoms with Gasteiger partial charge < -0.3 is 10.2 Å². The van der Waals surface area contributed by atoms with Gasteiger partial charge in [0.15, 0.2) is 0 Å². The lowest BCUT2D eigenvalue weighted by Gasteiger charge is -2.39. The molecule has 2 heterocycles. The van der Waals surface area contributed by atoms with Gasteiger partial charge in [-0.2, -0.15) is 0 Å². The molecule has 2 fully saturated rings. The maximum atomic E-state index is 5.88. The molecule has 0 bridgehead atoms. The van der Waals surface area contributed by atoms with Gasteiger partial charge in [0.2, 0.25) is 0 Å². The molecule has 0 saturated carbocycles. The van der Waals surface area contributed by atoms with Crippen LogP contribution in [0.25, 0.3) is 0 Å². The Balaban J connectivity index is 0.000000143. The molecule has 0 radical (unpaired) electrons. The van der Waals surface area contributed by atoms with Gasteiger partial charge in [-0.05, 0) is 135 Å². The number of anilines is 2. The van der Waals surface area contributed by atoms with Crippen LogP contribution in [0.15, 0.2) is 170 Å². The fourth-order valence-corrected chi connectivity index (χ4v) is 10.8. The van der Waals surface area contributed by atoms with E-state index in [4.69, 9.17) is 11.6 Å². The number of hydrogen-bond acceptors (Lipinski definition) is 4. The molecule has 2 atom stereocenters. The van der Waals surface area contributed by atoms with Gasteiger partial charge in [0.1, 0.15) is 0 Å². The van der Waals surface area contributed by atoms with Crippen molar-refractivity contribution in [1.29, 1.82) is 0 Å². The van der Waals surface area contributed by atoms with Crippen LogP contribution in [0.2, 0.25) is 0 Å². The Morgan fingerprint density at radius 2 is 0.905 bits per heavy atom. The van der Waals surface area contributed by atoms with Crippen LogP contribution in [0.4, 0.5) is 11.4 Å². The van der Waals surface area contributed by atoms with Gasteiger partial charge >= 0.3 is 0 Å². The van der Waals surface area contributed by atoms with E-state index in [0.717, 1.165) is 44.8 Å². The average molecular weight is 858 g/mol. The van der Waals surface area contributed by atoms with E-state index in [0.29, 0.717) is 24.2 Å². The third-order valence-electron chi connectivity index (χ3n) is 13.9. The number of fused-ring (bicyclic) bond motifs is 2. The molecule has 328 valence electrons. The smallest absolute Gasteiger partial charge is 0.0370 e. The SMILES string of the molecule is ClCC[C@H]1CCCCN1Cc1ccccc1.c1ccc(CN2CCCC[C@@H]2CCN(c2ccccc2)C2Cc3ccccc3C2)cc1.c1ccc(NC2Cc3ccccc3C2)cc1. The molecule has 63 heavy (non-hydrogen) atoms. The lowest BCUT2D eigenvalue weighted by molar-refractivity contribution is 0.133. The van der Waals surface area contributed by atoms with Gasteiger partial charge in [0.05, 0.1) is 0 Å². The highest BCUT2D eigenvalue weighted by molar-refractivity contribution is 6.17. The number of halogens is 1.